The molecule has 10 heteroatoms. The predicted molar refractivity (Wildman–Crippen MR) is 128 cm³/mol. The molecule has 32 heavy (non-hydrogen) atoms. The van der Waals surface area contributed by atoms with E-state index in [4.69, 9.17) is 4.74 Å². The summed E-state index contributed by atoms with van der Waals surface area (Å²) < 4.78 is 31.5. The van der Waals surface area contributed by atoms with Gasteiger partial charge in [0.1, 0.15) is 5.75 Å². The summed E-state index contributed by atoms with van der Waals surface area (Å²) in [5.74, 6) is 0.188. The lowest BCUT2D eigenvalue weighted by molar-refractivity contribution is -0.117. The first-order valence-corrected chi connectivity index (χ1v) is 13.3. The Bertz CT molecular complexity index is 1200. The molecule has 0 aliphatic carbocycles. The Labute approximate surface area is 196 Å². The van der Waals surface area contributed by atoms with Crippen molar-refractivity contribution in [3.63, 3.8) is 0 Å². The number of nitrogens with zero attached hydrogens (tertiary/aromatic N) is 2. The van der Waals surface area contributed by atoms with Crippen LogP contribution >= 0.6 is 22.7 Å². The molecule has 0 spiro atoms. The Balaban J connectivity index is 1.57. The van der Waals surface area contributed by atoms with Crippen LogP contribution in [-0.2, 0) is 21.2 Å². The van der Waals surface area contributed by atoms with Gasteiger partial charge in [-0.15, -0.1) is 22.7 Å². The summed E-state index contributed by atoms with van der Waals surface area (Å²) in [4.78, 5) is 17.9. The van der Waals surface area contributed by atoms with E-state index < -0.39 is 10.0 Å². The van der Waals surface area contributed by atoms with Crippen molar-refractivity contribution in [1.82, 2.24) is 9.21 Å². The number of carbonyl (C=O) groups excluding carboxylic acids is 1. The molecule has 1 N–H and O–H groups in total. The number of nitrogens with one attached hydrogen (secondary N) is 1. The largest absolute Gasteiger partial charge is 0.495 e. The number of hydrogen-bond donors (Lipinski definition) is 1. The second-order valence-corrected chi connectivity index (χ2v) is 11.8. The van der Waals surface area contributed by atoms with Gasteiger partial charge in [-0.3, -0.25) is 9.69 Å². The monoisotopic (exact) mass is 491 g/mol. The number of sulfonamides is 1. The normalized spacial score (nSPS) is 16.7. The highest BCUT2D eigenvalue weighted by atomic mass is 32.2. The molecule has 1 atom stereocenters. The van der Waals surface area contributed by atoms with E-state index in [2.05, 4.69) is 33.1 Å². The minimum absolute atomic E-state index is 0.0399. The molecule has 0 bridgehead atoms. The summed E-state index contributed by atoms with van der Waals surface area (Å²) in [6.07, 6.45) is 0.905. The Hall–Kier alpha value is -2.24. The van der Waals surface area contributed by atoms with Crippen LogP contribution < -0.4 is 10.1 Å². The lowest BCUT2D eigenvalue weighted by Crippen LogP contribution is -2.40. The van der Waals surface area contributed by atoms with Crippen molar-refractivity contribution in [3.8, 4) is 5.75 Å². The lowest BCUT2D eigenvalue weighted by atomic mass is 9.98. The van der Waals surface area contributed by atoms with Gasteiger partial charge in [0.05, 0.1) is 30.3 Å². The maximum absolute atomic E-state index is 13.0. The van der Waals surface area contributed by atoms with Crippen molar-refractivity contribution in [2.75, 3.05) is 39.6 Å². The van der Waals surface area contributed by atoms with Crippen LogP contribution in [0.5, 0.6) is 5.75 Å². The number of ether oxygens (including phenoxy) is 1. The summed E-state index contributed by atoms with van der Waals surface area (Å²) in [5, 5.41) is 7.02. The molecule has 170 valence electrons. The molecule has 1 aliphatic heterocycles. The molecule has 3 heterocycles. The van der Waals surface area contributed by atoms with Gasteiger partial charge in [0, 0.05) is 30.4 Å². The van der Waals surface area contributed by atoms with E-state index in [0.29, 0.717) is 11.4 Å². The number of hydrogen-bond acceptors (Lipinski definition) is 7. The van der Waals surface area contributed by atoms with Crippen LogP contribution in [0.1, 0.15) is 21.4 Å². The van der Waals surface area contributed by atoms with Gasteiger partial charge in [-0.25, -0.2) is 12.7 Å². The quantitative estimate of drug-likeness (QED) is 0.546. The van der Waals surface area contributed by atoms with Gasteiger partial charge in [0.2, 0.25) is 15.9 Å². The summed E-state index contributed by atoms with van der Waals surface area (Å²) in [6.45, 7) is 0.960. The molecular formula is C22H25N3O4S3. The Kier molecular flexibility index (Phi) is 6.68. The maximum atomic E-state index is 13.0. The van der Waals surface area contributed by atoms with Crippen LogP contribution in [-0.4, -0.2) is 57.8 Å². The second kappa shape index (κ2) is 9.32. The zero-order valence-corrected chi connectivity index (χ0v) is 20.5. The van der Waals surface area contributed by atoms with E-state index in [1.165, 1.54) is 48.7 Å². The van der Waals surface area contributed by atoms with E-state index in [1.54, 1.807) is 28.7 Å². The minimum atomic E-state index is -3.63. The minimum Gasteiger partial charge on any atom is -0.495 e. The fourth-order valence-corrected chi connectivity index (χ4v) is 6.56. The molecular weight excluding hydrogens is 466 g/mol. The number of carbonyl (C=O) groups is 1. The third-order valence-electron chi connectivity index (χ3n) is 5.45. The smallest absolute Gasteiger partial charge is 0.242 e. The van der Waals surface area contributed by atoms with Crippen molar-refractivity contribution < 1.29 is 17.9 Å². The molecule has 1 amide bonds. The molecule has 4 rings (SSSR count). The number of fused-ring (bicyclic) bond motifs is 1. The molecule has 0 radical (unpaired) electrons. The van der Waals surface area contributed by atoms with Crippen LogP contribution in [0, 0.1) is 0 Å². The standard InChI is InChI=1S/C22H25N3O4S3/c1-24(2)32(27,28)15-6-7-18(29-3)17(13-15)23-21(26)14-25-10-8-19-16(9-12-31-19)22(25)20-5-4-11-30-20/h4-7,9,11-13,22H,8,10,14H2,1-3H3,(H,23,26). The van der Waals surface area contributed by atoms with Crippen molar-refractivity contribution in [1.29, 1.82) is 0 Å². The first kappa shape index (κ1) is 22.9. The summed E-state index contributed by atoms with van der Waals surface area (Å²) >= 11 is 3.45. The molecule has 1 aliphatic rings. The third-order valence-corrected chi connectivity index (χ3v) is 9.18. The van der Waals surface area contributed by atoms with Gasteiger partial charge in [-0.1, -0.05) is 6.07 Å². The fourth-order valence-electron chi connectivity index (χ4n) is 3.85. The van der Waals surface area contributed by atoms with Gasteiger partial charge in [0.15, 0.2) is 0 Å². The molecule has 0 saturated carbocycles. The van der Waals surface area contributed by atoms with Gasteiger partial charge >= 0.3 is 0 Å². The van der Waals surface area contributed by atoms with Crippen molar-refractivity contribution in [2.45, 2.75) is 17.4 Å². The predicted octanol–water partition coefficient (Wildman–Crippen LogP) is 3.65. The average Bonchev–Trinajstić information content (AvgIpc) is 3.45. The molecule has 3 aromatic rings. The van der Waals surface area contributed by atoms with Gasteiger partial charge in [0.25, 0.3) is 0 Å². The molecule has 0 saturated heterocycles. The third kappa shape index (κ3) is 4.46. The zero-order valence-electron chi connectivity index (χ0n) is 18.1. The number of benzene rings is 1. The second-order valence-electron chi connectivity index (χ2n) is 7.64. The van der Waals surface area contributed by atoms with Crippen molar-refractivity contribution >= 4 is 44.3 Å². The number of amides is 1. The fraction of sp³-hybridized carbons (Fsp3) is 0.318. The number of anilines is 1. The van der Waals surface area contributed by atoms with Crippen molar-refractivity contribution in [2.24, 2.45) is 0 Å². The van der Waals surface area contributed by atoms with Crippen LogP contribution in [0.15, 0.2) is 52.1 Å². The zero-order chi connectivity index (χ0) is 22.9. The molecule has 1 unspecified atom stereocenters. The van der Waals surface area contributed by atoms with E-state index in [9.17, 15) is 13.2 Å². The van der Waals surface area contributed by atoms with Crippen LogP contribution in [0.2, 0.25) is 0 Å². The number of methoxy groups -OCH3 is 1. The van der Waals surface area contributed by atoms with Crippen LogP contribution in [0.25, 0.3) is 0 Å². The lowest BCUT2D eigenvalue weighted by Gasteiger charge is -2.34. The highest BCUT2D eigenvalue weighted by Crippen LogP contribution is 2.39. The van der Waals surface area contributed by atoms with Crippen LogP contribution in [0.3, 0.4) is 0 Å². The van der Waals surface area contributed by atoms with Gasteiger partial charge < -0.3 is 10.1 Å². The van der Waals surface area contributed by atoms with E-state index in [0.717, 1.165) is 17.3 Å². The first-order valence-electron chi connectivity index (χ1n) is 10.1. The highest BCUT2D eigenvalue weighted by Gasteiger charge is 2.31. The van der Waals surface area contributed by atoms with E-state index >= 15 is 0 Å². The van der Waals surface area contributed by atoms with Crippen LogP contribution in [0.4, 0.5) is 5.69 Å². The number of rotatable bonds is 7. The summed E-state index contributed by atoms with van der Waals surface area (Å²) in [6, 6.07) is 10.8. The summed E-state index contributed by atoms with van der Waals surface area (Å²) in [5.41, 5.74) is 1.59. The Morgan fingerprint density at radius 2 is 2.03 bits per heavy atom. The first-order chi connectivity index (χ1) is 15.3. The molecule has 1 aromatic carbocycles. The maximum Gasteiger partial charge on any atom is 0.242 e. The molecule has 2 aromatic heterocycles. The van der Waals surface area contributed by atoms with Crippen molar-refractivity contribution in [3.05, 3.63) is 62.5 Å². The summed E-state index contributed by atoms with van der Waals surface area (Å²) in [7, 11) is 0.792. The van der Waals surface area contributed by atoms with E-state index in [1.807, 2.05) is 6.07 Å². The molecule has 7 nitrogen and oxygen atoms in total. The Morgan fingerprint density at radius 3 is 2.72 bits per heavy atom. The average molecular weight is 492 g/mol. The molecule has 0 fully saturated rings. The highest BCUT2D eigenvalue weighted by molar-refractivity contribution is 7.89. The SMILES string of the molecule is COc1ccc(S(=O)(=O)N(C)C)cc1NC(=O)CN1CCc2sccc2C1c1cccs1. The topological polar surface area (TPSA) is 79.0 Å². The Morgan fingerprint density at radius 1 is 1.22 bits per heavy atom. The number of thiophene rings is 2. The van der Waals surface area contributed by atoms with Gasteiger partial charge in [-0.05, 0) is 53.1 Å². The van der Waals surface area contributed by atoms with E-state index in [-0.39, 0.29) is 23.4 Å². The van der Waals surface area contributed by atoms with Gasteiger partial charge in [-0.2, -0.15) is 0 Å².